The van der Waals surface area contributed by atoms with Gasteiger partial charge in [-0.3, -0.25) is 0 Å². The molecule has 5 heteroatoms. The average Bonchev–Trinajstić information content (AvgIpc) is 2.47. The molecule has 0 bridgehead atoms. The van der Waals surface area contributed by atoms with Gasteiger partial charge in [-0.2, -0.15) is 0 Å². The molecule has 0 saturated carbocycles. The zero-order valence-electron chi connectivity index (χ0n) is 12.6. The van der Waals surface area contributed by atoms with Crippen LogP contribution in [-0.4, -0.2) is 30.4 Å². The van der Waals surface area contributed by atoms with Gasteiger partial charge < -0.3 is 20.5 Å². The third kappa shape index (κ3) is 4.42. The van der Waals surface area contributed by atoms with Crippen LogP contribution in [0.3, 0.4) is 0 Å². The zero-order chi connectivity index (χ0) is 15.2. The Bertz CT molecular complexity index is 456. The van der Waals surface area contributed by atoms with Crippen molar-refractivity contribution < 1.29 is 14.6 Å². The van der Waals surface area contributed by atoms with Crippen LogP contribution in [0.2, 0.25) is 0 Å². The summed E-state index contributed by atoms with van der Waals surface area (Å²) in [7, 11) is 1.60. The van der Waals surface area contributed by atoms with Gasteiger partial charge in [0.15, 0.2) is 0 Å². The molecule has 5 nitrogen and oxygen atoms in total. The summed E-state index contributed by atoms with van der Waals surface area (Å²) in [6.07, 6.45) is 1.21. The predicted molar refractivity (Wildman–Crippen MR) is 80.3 cm³/mol. The van der Waals surface area contributed by atoms with Crippen LogP contribution in [0.4, 0.5) is 10.5 Å². The molecule has 0 radical (unpaired) electrons. The highest BCUT2D eigenvalue weighted by Crippen LogP contribution is 2.21. The van der Waals surface area contributed by atoms with Gasteiger partial charge in [-0.25, -0.2) is 4.79 Å². The van der Waals surface area contributed by atoms with E-state index in [9.17, 15) is 9.90 Å². The maximum Gasteiger partial charge on any atom is 0.319 e. The van der Waals surface area contributed by atoms with Crippen molar-refractivity contribution in [2.24, 2.45) is 0 Å². The Labute approximate surface area is 120 Å². The second-order valence-corrected chi connectivity index (χ2v) is 4.92. The lowest BCUT2D eigenvalue weighted by molar-refractivity contribution is 0.0354. The number of rotatable bonds is 6. The molecule has 0 unspecified atom stereocenters. The fraction of sp³-hybridized carbons (Fsp3) is 0.533. The molecule has 0 spiro atoms. The Kier molecular flexibility index (Phi) is 5.82. The zero-order valence-corrected chi connectivity index (χ0v) is 12.6. The summed E-state index contributed by atoms with van der Waals surface area (Å²) in [6, 6.07) is 5.11. The Hall–Kier alpha value is -1.75. The number of nitrogens with one attached hydrogen (secondary N) is 2. The van der Waals surface area contributed by atoms with E-state index in [0.717, 1.165) is 17.0 Å². The molecule has 0 fully saturated rings. The molecular formula is C15H24N2O3. The molecule has 20 heavy (non-hydrogen) atoms. The number of carbonyl (C=O) groups excluding carboxylic acids is 1. The number of ether oxygens (including phenoxy) is 1. The Morgan fingerprint density at radius 2 is 2.00 bits per heavy atom. The maximum absolute atomic E-state index is 11.8. The number of hydrogen-bond acceptors (Lipinski definition) is 3. The van der Waals surface area contributed by atoms with E-state index in [1.807, 2.05) is 26.8 Å². The van der Waals surface area contributed by atoms with E-state index in [0.29, 0.717) is 12.8 Å². The van der Waals surface area contributed by atoms with Crippen molar-refractivity contribution in [3.63, 3.8) is 0 Å². The smallest absolute Gasteiger partial charge is 0.319 e. The number of aryl methyl sites for hydroxylation is 1. The molecule has 0 aliphatic rings. The van der Waals surface area contributed by atoms with Gasteiger partial charge in [0, 0.05) is 12.2 Å². The third-order valence-corrected chi connectivity index (χ3v) is 3.58. The summed E-state index contributed by atoms with van der Waals surface area (Å²) in [5.41, 5.74) is 0.798. The van der Waals surface area contributed by atoms with Gasteiger partial charge in [0.05, 0.1) is 12.7 Å². The van der Waals surface area contributed by atoms with Gasteiger partial charge in [0.1, 0.15) is 5.75 Å². The van der Waals surface area contributed by atoms with Gasteiger partial charge in [-0.05, 0) is 43.5 Å². The molecular weight excluding hydrogens is 256 g/mol. The molecule has 1 aromatic rings. The third-order valence-electron chi connectivity index (χ3n) is 3.58. The van der Waals surface area contributed by atoms with E-state index in [2.05, 4.69) is 10.6 Å². The molecule has 0 saturated heterocycles. The lowest BCUT2D eigenvalue weighted by Gasteiger charge is -2.25. The number of carbonyl (C=O) groups is 1. The molecule has 0 atom stereocenters. The van der Waals surface area contributed by atoms with Crippen molar-refractivity contribution in [3.8, 4) is 5.75 Å². The van der Waals surface area contributed by atoms with E-state index >= 15 is 0 Å². The van der Waals surface area contributed by atoms with Crippen molar-refractivity contribution in [2.45, 2.75) is 39.2 Å². The van der Waals surface area contributed by atoms with Gasteiger partial charge in [-0.15, -0.1) is 0 Å². The first kappa shape index (κ1) is 16.3. The fourth-order valence-corrected chi connectivity index (χ4v) is 1.81. The standard InChI is InChI=1S/C15H24N2O3/c1-5-15(19,6-2)10-16-14(18)17-13-8-7-12(20-4)9-11(13)3/h7-9,19H,5-6,10H2,1-4H3,(H2,16,17,18). The van der Waals surface area contributed by atoms with Crippen LogP contribution in [0.25, 0.3) is 0 Å². The minimum Gasteiger partial charge on any atom is -0.497 e. The number of benzene rings is 1. The number of urea groups is 1. The van der Waals surface area contributed by atoms with Gasteiger partial charge in [0.25, 0.3) is 0 Å². The normalized spacial score (nSPS) is 11.1. The highest BCUT2D eigenvalue weighted by Gasteiger charge is 2.22. The lowest BCUT2D eigenvalue weighted by atomic mass is 9.98. The number of hydrogen-bond donors (Lipinski definition) is 3. The largest absolute Gasteiger partial charge is 0.497 e. The summed E-state index contributed by atoms with van der Waals surface area (Å²) >= 11 is 0. The van der Waals surface area contributed by atoms with Crippen molar-refractivity contribution in [1.29, 1.82) is 0 Å². The second-order valence-electron chi connectivity index (χ2n) is 4.92. The molecule has 1 rings (SSSR count). The summed E-state index contributed by atoms with van der Waals surface area (Å²) in [5.74, 6) is 0.750. The molecule has 1 aromatic carbocycles. The van der Waals surface area contributed by atoms with E-state index < -0.39 is 5.60 Å². The second kappa shape index (κ2) is 7.14. The van der Waals surface area contributed by atoms with Crippen LogP contribution in [-0.2, 0) is 0 Å². The van der Waals surface area contributed by atoms with Gasteiger partial charge in [-0.1, -0.05) is 13.8 Å². The first-order valence-corrected chi connectivity index (χ1v) is 6.86. The van der Waals surface area contributed by atoms with Crippen LogP contribution < -0.4 is 15.4 Å². The highest BCUT2D eigenvalue weighted by molar-refractivity contribution is 5.90. The minimum absolute atomic E-state index is 0.237. The van der Waals surface area contributed by atoms with E-state index in [1.54, 1.807) is 19.2 Å². The Balaban J connectivity index is 2.59. The van der Waals surface area contributed by atoms with E-state index in [1.165, 1.54) is 0 Å². The highest BCUT2D eigenvalue weighted by atomic mass is 16.5. The average molecular weight is 280 g/mol. The molecule has 2 amide bonds. The SMILES string of the molecule is CCC(O)(CC)CNC(=O)Nc1ccc(OC)cc1C. The first-order valence-electron chi connectivity index (χ1n) is 6.86. The van der Waals surface area contributed by atoms with E-state index in [4.69, 9.17) is 4.74 Å². The van der Waals surface area contributed by atoms with Crippen LogP contribution in [0.1, 0.15) is 32.3 Å². The number of methoxy groups -OCH3 is 1. The minimum atomic E-state index is -0.841. The molecule has 0 aromatic heterocycles. The first-order chi connectivity index (χ1) is 9.44. The fourth-order valence-electron chi connectivity index (χ4n) is 1.81. The lowest BCUT2D eigenvalue weighted by Crippen LogP contribution is -2.43. The Morgan fingerprint density at radius 3 is 2.50 bits per heavy atom. The van der Waals surface area contributed by atoms with Gasteiger partial charge in [0.2, 0.25) is 0 Å². The van der Waals surface area contributed by atoms with Crippen molar-refractivity contribution >= 4 is 11.7 Å². The number of anilines is 1. The van der Waals surface area contributed by atoms with Crippen molar-refractivity contribution in [2.75, 3.05) is 19.0 Å². The topological polar surface area (TPSA) is 70.6 Å². The van der Waals surface area contributed by atoms with Gasteiger partial charge >= 0.3 is 6.03 Å². The van der Waals surface area contributed by atoms with E-state index in [-0.39, 0.29) is 12.6 Å². The number of amides is 2. The summed E-state index contributed by atoms with van der Waals surface area (Å²) in [4.78, 5) is 11.8. The van der Waals surface area contributed by atoms with Crippen molar-refractivity contribution in [1.82, 2.24) is 5.32 Å². The summed E-state index contributed by atoms with van der Waals surface area (Å²) in [5, 5.41) is 15.6. The monoisotopic (exact) mass is 280 g/mol. The Morgan fingerprint density at radius 1 is 1.35 bits per heavy atom. The maximum atomic E-state index is 11.8. The van der Waals surface area contributed by atoms with Crippen LogP contribution in [0.15, 0.2) is 18.2 Å². The van der Waals surface area contributed by atoms with Crippen LogP contribution in [0, 0.1) is 6.92 Å². The number of aliphatic hydroxyl groups is 1. The van der Waals surface area contributed by atoms with Crippen LogP contribution in [0.5, 0.6) is 5.75 Å². The van der Waals surface area contributed by atoms with Crippen LogP contribution >= 0.6 is 0 Å². The molecule has 0 aliphatic heterocycles. The quantitative estimate of drug-likeness (QED) is 0.750. The van der Waals surface area contributed by atoms with Crippen molar-refractivity contribution in [3.05, 3.63) is 23.8 Å². The molecule has 0 aliphatic carbocycles. The summed E-state index contributed by atoms with van der Waals surface area (Å²) < 4.78 is 5.11. The summed E-state index contributed by atoms with van der Waals surface area (Å²) in [6.45, 7) is 5.93. The predicted octanol–water partition coefficient (Wildman–Crippen LogP) is 2.68. The molecule has 3 N–H and O–H groups in total. The molecule has 112 valence electrons. The molecule has 0 heterocycles.